The average molecular weight is 321 g/mol. The number of hydrogen-bond donors (Lipinski definition) is 1. The number of aliphatic carboxylic acids is 1. The predicted molar refractivity (Wildman–Crippen MR) is 73.1 cm³/mol. The van der Waals surface area contributed by atoms with Crippen LogP contribution in [0.4, 0.5) is 13.2 Å². The molecule has 1 aliphatic carbocycles. The van der Waals surface area contributed by atoms with Crippen LogP contribution in [-0.2, 0) is 9.59 Å². The van der Waals surface area contributed by atoms with Crippen LogP contribution < -0.4 is 0 Å². The number of carbonyl (C=O) groups is 2. The van der Waals surface area contributed by atoms with Crippen LogP contribution in [0.2, 0.25) is 0 Å². The number of alkyl halides is 3. The van der Waals surface area contributed by atoms with Gasteiger partial charge in [-0.05, 0) is 25.2 Å². The lowest BCUT2D eigenvalue weighted by Gasteiger charge is -2.27. The van der Waals surface area contributed by atoms with E-state index in [1.807, 2.05) is 0 Å². The van der Waals surface area contributed by atoms with Crippen molar-refractivity contribution in [2.45, 2.75) is 57.5 Å². The van der Waals surface area contributed by atoms with Crippen LogP contribution in [-0.4, -0.2) is 41.1 Å². The van der Waals surface area contributed by atoms with E-state index in [1.54, 1.807) is 0 Å². The fourth-order valence-corrected chi connectivity index (χ4v) is 3.49. The minimum atomic E-state index is -4.84. The topological polar surface area (TPSA) is 57.6 Å². The molecule has 7 heteroatoms. The molecule has 1 amide bonds. The van der Waals surface area contributed by atoms with Crippen molar-refractivity contribution in [2.75, 3.05) is 13.1 Å². The number of carboxylic acid groups (broad SMARTS) is 1. The molecule has 0 radical (unpaired) electrons. The first-order valence-corrected chi connectivity index (χ1v) is 7.84. The highest BCUT2D eigenvalue weighted by atomic mass is 19.4. The van der Waals surface area contributed by atoms with Gasteiger partial charge in [-0.15, -0.1) is 0 Å². The summed E-state index contributed by atoms with van der Waals surface area (Å²) in [7, 11) is 0. The zero-order chi connectivity index (χ0) is 16.4. The van der Waals surface area contributed by atoms with Gasteiger partial charge in [-0.1, -0.05) is 25.7 Å². The van der Waals surface area contributed by atoms with Gasteiger partial charge in [0.25, 0.3) is 0 Å². The number of amides is 1. The molecule has 1 saturated carbocycles. The normalized spacial score (nSPS) is 27.7. The molecule has 2 rings (SSSR count). The van der Waals surface area contributed by atoms with Crippen LogP contribution >= 0.6 is 0 Å². The van der Waals surface area contributed by atoms with Crippen molar-refractivity contribution in [3.05, 3.63) is 0 Å². The molecule has 2 aliphatic rings. The molecule has 0 aromatic rings. The highest BCUT2D eigenvalue weighted by Gasteiger charge is 2.64. The Morgan fingerprint density at radius 3 is 2.18 bits per heavy atom. The Labute approximate surface area is 127 Å². The number of nitrogens with zero attached hydrogens (tertiary/aromatic N) is 1. The van der Waals surface area contributed by atoms with Gasteiger partial charge in [0, 0.05) is 19.5 Å². The number of carboxylic acids is 1. The van der Waals surface area contributed by atoms with Crippen LogP contribution in [0, 0.1) is 11.3 Å². The summed E-state index contributed by atoms with van der Waals surface area (Å²) in [5.41, 5.74) is -2.80. The molecular weight excluding hydrogens is 299 g/mol. The van der Waals surface area contributed by atoms with Crippen LogP contribution in [0.5, 0.6) is 0 Å². The lowest BCUT2D eigenvalue weighted by Crippen LogP contribution is -2.47. The number of halogens is 3. The summed E-state index contributed by atoms with van der Waals surface area (Å²) in [6, 6.07) is 0. The maximum atomic E-state index is 13.1. The molecule has 4 nitrogen and oxygen atoms in total. The Balaban J connectivity index is 1.99. The maximum Gasteiger partial charge on any atom is 0.406 e. The third kappa shape index (κ3) is 3.38. The van der Waals surface area contributed by atoms with E-state index in [-0.39, 0.29) is 24.8 Å². The summed E-state index contributed by atoms with van der Waals surface area (Å²) < 4.78 is 39.3. The van der Waals surface area contributed by atoms with Gasteiger partial charge in [0.15, 0.2) is 5.41 Å². The second-order valence-electron chi connectivity index (χ2n) is 6.51. The second-order valence-corrected chi connectivity index (χ2v) is 6.51. The monoisotopic (exact) mass is 321 g/mol. The number of likely N-dealkylation sites (tertiary alicyclic amines) is 1. The molecule has 1 heterocycles. The highest BCUT2D eigenvalue weighted by molar-refractivity contribution is 5.81. The zero-order valence-corrected chi connectivity index (χ0v) is 12.5. The van der Waals surface area contributed by atoms with Crippen LogP contribution in [0.3, 0.4) is 0 Å². The molecule has 1 saturated heterocycles. The molecule has 1 atom stereocenters. The summed E-state index contributed by atoms with van der Waals surface area (Å²) in [5, 5.41) is 9.00. The lowest BCUT2D eigenvalue weighted by molar-refractivity contribution is -0.227. The van der Waals surface area contributed by atoms with Crippen molar-refractivity contribution in [2.24, 2.45) is 11.3 Å². The van der Waals surface area contributed by atoms with Crippen LogP contribution in [0.15, 0.2) is 0 Å². The first kappa shape index (κ1) is 17.1. The molecular formula is C15H22F3NO3. The minimum absolute atomic E-state index is 0.128. The van der Waals surface area contributed by atoms with Crippen LogP contribution in [0.25, 0.3) is 0 Å². The minimum Gasteiger partial charge on any atom is -0.481 e. The molecule has 22 heavy (non-hydrogen) atoms. The Bertz CT molecular complexity index is 430. The number of rotatable bonds is 3. The largest absolute Gasteiger partial charge is 0.481 e. The van der Waals surface area contributed by atoms with E-state index < -0.39 is 30.5 Å². The first-order valence-electron chi connectivity index (χ1n) is 7.84. The molecule has 0 aromatic carbocycles. The third-order valence-electron chi connectivity index (χ3n) is 5.01. The van der Waals surface area contributed by atoms with Crippen molar-refractivity contribution in [1.82, 2.24) is 4.90 Å². The van der Waals surface area contributed by atoms with E-state index in [0.717, 1.165) is 43.4 Å². The Morgan fingerprint density at radius 2 is 1.73 bits per heavy atom. The fraction of sp³-hybridized carbons (Fsp3) is 0.867. The molecule has 0 bridgehead atoms. The van der Waals surface area contributed by atoms with E-state index >= 15 is 0 Å². The van der Waals surface area contributed by atoms with Crippen LogP contribution in [0.1, 0.15) is 51.4 Å². The van der Waals surface area contributed by atoms with Crippen molar-refractivity contribution < 1.29 is 27.9 Å². The summed E-state index contributed by atoms with van der Waals surface area (Å²) >= 11 is 0. The van der Waals surface area contributed by atoms with E-state index in [0.29, 0.717) is 0 Å². The second kappa shape index (κ2) is 6.46. The van der Waals surface area contributed by atoms with Crippen molar-refractivity contribution in [3.8, 4) is 0 Å². The van der Waals surface area contributed by atoms with Gasteiger partial charge in [-0.2, -0.15) is 13.2 Å². The van der Waals surface area contributed by atoms with E-state index in [4.69, 9.17) is 5.11 Å². The predicted octanol–water partition coefficient (Wildman–Crippen LogP) is 3.21. The van der Waals surface area contributed by atoms with Gasteiger partial charge in [0.05, 0.1) is 0 Å². The van der Waals surface area contributed by atoms with Gasteiger partial charge >= 0.3 is 12.1 Å². The summed E-state index contributed by atoms with van der Waals surface area (Å²) in [4.78, 5) is 24.4. The molecule has 1 N–H and O–H groups in total. The van der Waals surface area contributed by atoms with E-state index in [2.05, 4.69) is 0 Å². The van der Waals surface area contributed by atoms with Gasteiger partial charge in [0.1, 0.15) is 0 Å². The quantitative estimate of drug-likeness (QED) is 0.812. The molecule has 126 valence electrons. The number of carbonyl (C=O) groups excluding carboxylic acids is 1. The van der Waals surface area contributed by atoms with Gasteiger partial charge in [-0.3, -0.25) is 9.59 Å². The van der Waals surface area contributed by atoms with Crippen molar-refractivity contribution in [3.63, 3.8) is 0 Å². The smallest absolute Gasteiger partial charge is 0.406 e. The molecule has 2 fully saturated rings. The van der Waals surface area contributed by atoms with Gasteiger partial charge in [-0.25, -0.2) is 0 Å². The summed E-state index contributed by atoms with van der Waals surface area (Å²) in [6.07, 6.45) is 1.12. The Hall–Kier alpha value is -1.27. The van der Waals surface area contributed by atoms with Gasteiger partial charge < -0.3 is 10.0 Å². The van der Waals surface area contributed by atoms with E-state index in [9.17, 15) is 22.8 Å². The van der Waals surface area contributed by atoms with Gasteiger partial charge in [0.2, 0.25) is 5.91 Å². The van der Waals surface area contributed by atoms with Crippen molar-refractivity contribution in [1.29, 1.82) is 0 Å². The Kier molecular flexibility index (Phi) is 5.02. The maximum absolute atomic E-state index is 13.1. The molecule has 0 spiro atoms. The standard InChI is InChI=1S/C15H22F3NO3/c16-15(17,18)14(13(21)22)7-8-19(10-14)12(20)9-11-5-3-1-2-4-6-11/h11H,1-10H2,(H,21,22). The molecule has 1 aliphatic heterocycles. The zero-order valence-electron chi connectivity index (χ0n) is 12.5. The number of hydrogen-bond acceptors (Lipinski definition) is 2. The van der Waals surface area contributed by atoms with Crippen molar-refractivity contribution >= 4 is 11.9 Å². The lowest BCUT2D eigenvalue weighted by atomic mass is 9.86. The third-order valence-corrected chi connectivity index (χ3v) is 5.01. The molecule has 1 unspecified atom stereocenters. The first-order chi connectivity index (χ1) is 10.3. The molecule has 0 aromatic heterocycles. The fourth-order valence-electron chi connectivity index (χ4n) is 3.49. The SMILES string of the molecule is O=C(CC1CCCCCC1)N1CCC(C(=O)O)(C(F)(F)F)C1. The highest BCUT2D eigenvalue weighted by Crippen LogP contribution is 2.46. The summed E-state index contributed by atoms with van der Waals surface area (Å²) in [6.45, 7) is -0.880. The Morgan fingerprint density at radius 1 is 1.14 bits per heavy atom. The average Bonchev–Trinajstić information content (AvgIpc) is 2.75. The van der Waals surface area contributed by atoms with E-state index in [1.165, 1.54) is 0 Å². The summed E-state index contributed by atoms with van der Waals surface area (Å²) in [5.74, 6) is -2.00.